The summed E-state index contributed by atoms with van der Waals surface area (Å²) in [6.45, 7) is 1.62. The molecule has 7 heteroatoms. The Hall–Kier alpha value is -2.12. The second kappa shape index (κ2) is 7.63. The molecular formula is C17H21N5OS. The molecule has 0 saturated heterocycles. The minimum atomic E-state index is -0.127. The van der Waals surface area contributed by atoms with Gasteiger partial charge >= 0.3 is 0 Å². The lowest BCUT2D eigenvalue weighted by Gasteiger charge is -2.15. The van der Waals surface area contributed by atoms with E-state index in [1.807, 2.05) is 24.0 Å². The number of aryl methyl sites for hydroxylation is 1. The molecule has 0 bridgehead atoms. The van der Waals surface area contributed by atoms with Crippen molar-refractivity contribution in [1.82, 2.24) is 24.1 Å². The average molecular weight is 343 g/mol. The van der Waals surface area contributed by atoms with Crippen LogP contribution in [-0.4, -0.2) is 43.4 Å². The van der Waals surface area contributed by atoms with Crippen molar-refractivity contribution in [3.63, 3.8) is 0 Å². The zero-order chi connectivity index (χ0) is 16.9. The standard InChI is InChI=1S/C17H21N5OS/c1-20(10-11-24-13-14-6-4-3-5-7-14)12-15-18-19-16-17(23)21(2)8-9-22(15)16/h3-9H,10-13H2,1-2H3. The third-order valence-corrected chi connectivity index (χ3v) is 4.87. The molecule has 0 aliphatic rings. The van der Waals surface area contributed by atoms with E-state index in [4.69, 9.17) is 0 Å². The van der Waals surface area contributed by atoms with E-state index in [1.54, 1.807) is 17.6 Å². The number of nitrogens with zero attached hydrogens (tertiary/aromatic N) is 5. The van der Waals surface area contributed by atoms with Crippen LogP contribution in [0.2, 0.25) is 0 Å². The van der Waals surface area contributed by atoms with Crippen molar-refractivity contribution in [3.05, 3.63) is 64.5 Å². The SMILES string of the molecule is CN(CCSCc1ccccc1)Cc1nnc2c(=O)n(C)ccn12. The van der Waals surface area contributed by atoms with Crippen molar-refractivity contribution in [2.24, 2.45) is 7.05 Å². The van der Waals surface area contributed by atoms with Gasteiger partial charge in [0, 0.05) is 37.5 Å². The molecule has 1 aromatic carbocycles. The molecule has 2 aromatic heterocycles. The Bertz CT molecular complexity index is 858. The molecule has 0 fully saturated rings. The van der Waals surface area contributed by atoms with E-state index in [-0.39, 0.29) is 5.56 Å². The first-order valence-electron chi connectivity index (χ1n) is 7.84. The molecule has 0 N–H and O–H groups in total. The third-order valence-electron chi connectivity index (χ3n) is 3.86. The van der Waals surface area contributed by atoms with Gasteiger partial charge in [-0.1, -0.05) is 30.3 Å². The summed E-state index contributed by atoms with van der Waals surface area (Å²) < 4.78 is 3.29. The third kappa shape index (κ3) is 3.85. The molecule has 0 radical (unpaired) electrons. The van der Waals surface area contributed by atoms with E-state index in [1.165, 1.54) is 10.1 Å². The summed E-state index contributed by atoms with van der Waals surface area (Å²) in [5, 5.41) is 8.18. The van der Waals surface area contributed by atoms with Crippen LogP contribution in [0.1, 0.15) is 11.4 Å². The van der Waals surface area contributed by atoms with Crippen LogP contribution in [0, 0.1) is 0 Å². The lowest BCUT2D eigenvalue weighted by molar-refractivity contribution is 0.337. The Morgan fingerprint density at radius 3 is 2.75 bits per heavy atom. The molecular weight excluding hydrogens is 322 g/mol. The second-order valence-corrected chi connectivity index (χ2v) is 6.91. The van der Waals surface area contributed by atoms with E-state index in [2.05, 4.69) is 46.4 Å². The van der Waals surface area contributed by atoms with Crippen LogP contribution in [0.5, 0.6) is 0 Å². The fraction of sp³-hybridized carbons (Fsp3) is 0.353. The first kappa shape index (κ1) is 16.7. The molecule has 3 aromatic rings. The normalized spacial score (nSPS) is 11.5. The molecule has 6 nitrogen and oxygen atoms in total. The first-order valence-corrected chi connectivity index (χ1v) is 9.00. The van der Waals surface area contributed by atoms with Crippen LogP contribution in [0.25, 0.3) is 5.65 Å². The Balaban J connectivity index is 1.53. The van der Waals surface area contributed by atoms with Gasteiger partial charge in [-0.05, 0) is 12.6 Å². The maximum absolute atomic E-state index is 12.0. The Kier molecular flexibility index (Phi) is 5.32. The summed E-state index contributed by atoms with van der Waals surface area (Å²) in [6, 6.07) is 10.5. The maximum atomic E-state index is 12.0. The predicted molar refractivity (Wildman–Crippen MR) is 97.2 cm³/mol. The first-order chi connectivity index (χ1) is 11.6. The second-order valence-electron chi connectivity index (χ2n) is 5.80. The van der Waals surface area contributed by atoms with Crippen LogP contribution in [0.3, 0.4) is 0 Å². The number of fused-ring (bicyclic) bond motifs is 1. The van der Waals surface area contributed by atoms with Crippen molar-refractivity contribution in [3.8, 4) is 0 Å². The summed E-state index contributed by atoms with van der Waals surface area (Å²) >= 11 is 1.92. The number of hydrogen-bond donors (Lipinski definition) is 0. The molecule has 0 unspecified atom stereocenters. The number of benzene rings is 1. The van der Waals surface area contributed by atoms with Gasteiger partial charge in [0.1, 0.15) is 0 Å². The van der Waals surface area contributed by atoms with Crippen molar-refractivity contribution in [2.45, 2.75) is 12.3 Å². The fourth-order valence-corrected chi connectivity index (χ4v) is 3.44. The summed E-state index contributed by atoms with van der Waals surface area (Å²) in [7, 11) is 3.78. The summed E-state index contributed by atoms with van der Waals surface area (Å²) in [5.41, 5.74) is 1.60. The minimum Gasteiger partial charge on any atom is -0.314 e. The molecule has 0 saturated carbocycles. The number of rotatable bonds is 7. The molecule has 2 heterocycles. The Morgan fingerprint density at radius 2 is 1.96 bits per heavy atom. The van der Waals surface area contributed by atoms with E-state index in [0.717, 1.165) is 23.9 Å². The minimum absolute atomic E-state index is 0.127. The van der Waals surface area contributed by atoms with Gasteiger partial charge < -0.3 is 4.57 Å². The highest BCUT2D eigenvalue weighted by atomic mass is 32.2. The van der Waals surface area contributed by atoms with Crippen molar-refractivity contribution >= 4 is 17.4 Å². The summed E-state index contributed by atoms with van der Waals surface area (Å²) in [5.74, 6) is 2.86. The van der Waals surface area contributed by atoms with Gasteiger partial charge in [-0.15, -0.1) is 10.2 Å². The van der Waals surface area contributed by atoms with Crippen molar-refractivity contribution < 1.29 is 0 Å². The van der Waals surface area contributed by atoms with Gasteiger partial charge in [-0.3, -0.25) is 14.1 Å². The number of thioether (sulfide) groups is 1. The van der Waals surface area contributed by atoms with Gasteiger partial charge in [-0.2, -0.15) is 11.8 Å². The highest BCUT2D eigenvalue weighted by Gasteiger charge is 2.11. The number of aromatic nitrogens is 4. The van der Waals surface area contributed by atoms with Crippen LogP contribution < -0.4 is 5.56 Å². The Labute approximate surface area is 145 Å². The largest absolute Gasteiger partial charge is 0.314 e. The van der Waals surface area contributed by atoms with E-state index < -0.39 is 0 Å². The van der Waals surface area contributed by atoms with Crippen LogP contribution >= 0.6 is 11.8 Å². The molecule has 0 aliphatic carbocycles. The topological polar surface area (TPSA) is 55.4 Å². The average Bonchev–Trinajstić information content (AvgIpc) is 2.99. The summed E-state index contributed by atoms with van der Waals surface area (Å²) in [4.78, 5) is 14.2. The fourth-order valence-electron chi connectivity index (χ4n) is 2.43. The van der Waals surface area contributed by atoms with Crippen LogP contribution in [0.15, 0.2) is 47.5 Å². The van der Waals surface area contributed by atoms with Crippen LogP contribution in [-0.2, 0) is 19.3 Å². The van der Waals surface area contributed by atoms with Crippen molar-refractivity contribution in [1.29, 1.82) is 0 Å². The zero-order valence-corrected chi connectivity index (χ0v) is 14.7. The lowest BCUT2D eigenvalue weighted by Crippen LogP contribution is -2.23. The lowest BCUT2D eigenvalue weighted by atomic mass is 10.2. The Morgan fingerprint density at radius 1 is 1.17 bits per heavy atom. The number of hydrogen-bond acceptors (Lipinski definition) is 5. The smallest absolute Gasteiger partial charge is 0.295 e. The zero-order valence-electron chi connectivity index (χ0n) is 13.9. The van der Waals surface area contributed by atoms with E-state index in [0.29, 0.717) is 12.2 Å². The molecule has 3 rings (SSSR count). The van der Waals surface area contributed by atoms with Gasteiger partial charge in [0.15, 0.2) is 5.82 Å². The highest BCUT2D eigenvalue weighted by molar-refractivity contribution is 7.98. The van der Waals surface area contributed by atoms with Gasteiger partial charge in [-0.25, -0.2) is 0 Å². The molecule has 0 spiro atoms. The maximum Gasteiger partial charge on any atom is 0.295 e. The van der Waals surface area contributed by atoms with E-state index >= 15 is 0 Å². The molecule has 0 amide bonds. The van der Waals surface area contributed by atoms with Crippen LogP contribution in [0.4, 0.5) is 0 Å². The monoisotopic (exact) mass is 343 g/mol. The molecule has 24 heavy (non-hydrogen) atoms. The highest BCUT2D eigenvalue weighted by Crippen LogP contribution is 2.12. The molecule has 0 aliphatic heterocycles. The van der Waals surface area contributed by atoms with Gasteiger partial charge in [0.05, 0.1) is 6.54 Å². The predicted octanol–water partition coefficient (Wildman–Crippen LogP) is 1.79. The van der Waals surface area contributed by atoms with Gasteiger partial charge in [0.2, 0.25) is 5.65 Å². The van der Waals surface area contributed by atoms with Gasteiger partial charge in [0.25, 0.3) is 5.56 Å². The molecule has 0 atom stereocenters. The van der Waals surface area contributed by atoms with E-state index in [9.17, 15) is 4.79 Å². The molecule has 126 valence electrons. The summed E-state index contributed by atoms with van der Waals surface area (Å²) in [6.07, 6.45) is 3.57. The quantitative estimate of drug-likeness (QED) is 0.612. The van der Waals surface area contributed by atoms with Crippen molar-refractivity contribution in [2.75, 3.05) is 19.3 Å².